The molecule has 0 spiro atoms. The Labute approximate surface area is 97.4 Å². The van der Waals surface area contributed by atoms with Gasteiger partial charge in [0.2, 0.25) is 6.54 Å². The number of carbonyl (C=O) groups is 1. The quantitative estimate of drug-likeness (QED) is 0.404. The number of likely N-dealkylation sites (tertiary alicyclic amines) is 1. The SMILES string of the molecule is [C-]#[N+]CCCN1CCC[C@H](C(=O)OCC)C1. The molecule has 1 fully saturated rings. The zero-order chi connectivity index (χ0) is 11.8. The van der Waals surface area contributed by atoms with Crippen LogP contribution in [0.25, 0.3) is 4.85 Å². The summed E-state index contributed by atoms with van der Waals surface area (Å²) in [6.45, 7) is 12.4. The van der Waals surface area contributed by atoms with Crippen LogP contribution in [-0.4, -0.2) is 43.7 Å². The fourth-order valence-corrected chi connectivity index (χ4v) is 2.08. The van der Waals surface area contributed by atoms with Crippen LogP contribution in [0.3, 0.4) is 0 Å². The summed E-state index contributed by atoms with van der Waals surface area (Å²) >= 11 is 0. The van der Waals surface area contributed by atoms with Crippen molar-refractivity contribution in [3.05, 3.63) is 11.4 Å². The fraction of sp³-hybridized carbons (Fsp3) is 0.833. The molecule has 0 unspecified atom stereocenters. The van der Waals surface area contributed by atoms with Crippen molar-refractivity contribution >= 4 is 5.97 Å². The molecule has 0 aromatic carbocycles. The number of hydrogen-bond acceptors (Lipinski definition) is 3. The van der Waals surface area contributed by atoms with Crippen LogP contribution in [-0.2, 0) is 9.53 Å². The van der Waals surface area contributed by atoms with Crippen LogP contribution in [0.4, 0.5) is 0 Å². The topological polar surface area (TPSA) is 33.9 Å². The number of ether oxygens (including phenoxy) is 1. The number of rotatable bonds is 5. The van der Waals surface area contributed by atoms with Crippen LogP contribution in [0.15, 0.2) is 0 Å². The summed E-state index contributed by atoms with van der Waals surface area (Å²) in [5.41, 5.74) is 0. The Hall–Kier alpha value is -1.08. The molecule has 0 radical (unpaired) electrons. The molecular formula is C12H20N2O2. The second-order valence-corrected chi connectivity index (χ2v) is 4.13. The van der Waals surface area contributed by atoms with Crippen molar-refractivity contribution in [2.75, 3.05) is 32.8 Å². The smallest absolute Gasteiger partial charge is 0.310 e. The Morgan fingerprint density at radius 3 is 3.12 bits per heavy atom. The van der Waals surface area contributed by atoms with Gasteiger partial charge >= 0.3 is 5.97 Å². The summed E-state index contributed by atoms with van der Waals surface area (Å²) in [6.07, 6.45) is 2.90. The Bertz CT molecular complexity index is 260. The third-order valence-corrected chi connectivity index (χ3v) is 2.87. The second-order valence-electron chi connectivity index (χ2n) is 4.13. The van der Waals surface area contributed by atoms with Gasteiger partial charge in [0.15, 0.2) is 0 Å². The van der Waals surface area contributed by atoms with Gasteiger partial charge in [-0.1, -0.05) is 0 Å². The maximum Gasteiger partial charge on any atom is 0.310 e. The molecule has 1 heterocycles. The van der Waals surface area contributed by atoms with E-state index < -0.39 is 0 Å². The molecule has 16 heavy (non-hydrogen) atoms. The first kappa shape index (κ1) is 13.0. The first-order chi connectivity index (χ1) is 7.77. The molecule has 1 aliphatic rings. The predicted octanol–water partition coefficient (Wildman–Crippen LogP) is 1.57. The molecule has 0 bridgehead atoms. The van der Waals surface area contributed by atoms with Crippen molar-refractivity contribution < 1.29 is 9.53 Å². The molecule has 90 valence electrons. The van der Waals surface area contributed by atoms with E-state index in [1.165, 1.54) is 0 Å². The van der Waals surface area contributed by atoms with Crippen LogP contribution in [0, 0.1) is 12.5 Å². The van der Waals surface area contributed by atoms with E-state index in [0.29, 0.717) is 13.2 Å². The first-order valence-corrected chi connectivity index (χ1v) is 6.00. The van der Waals surface area contributed by atoms with Gasteiger partial charge in [0.05, 0.1) is 12.5 Å². The number of esters is 1. The largest absolute Gasteiger partial charge is 0.466 e. The summed E-state index contributed by atoms with van der Waals surface area (Å²) in [7, 11) is 0. The molecule has 1 saturated heterocycles. The highest BCUT2D eigenvalue weighted by molar-refractivity contribution is 5.72. The first-order valence-electron chi connectivity index (χ1n) is 6.00. The Kier molecular flexibility index (Phi) is 5.87. The zero-order valence-electron chi connectivity index (χ0n) is 9.95. The molecule has 1 aliphatic heterocycles. The minimum atomic E-state index is -0.0580. The van der Waals surface area contributed by atoms with Gasteiger partial charge in [0.1, 0.15) is 0 Å². The number of nitrogens with zero attached hydrogens (tertiary/aromatic N) is 2. The lowest BCUT2D eigenvalue weighted by atomic mass is 9.98. The average molecular weight is 224 g/mol. The molecule has 4 nitrogen and oxygen atoms in total. The van der Waals surface area contributed by atoms with Crippen molar-refractivity contribution in [1.29, 1.82) is 0 Å². The molecule has 0 N–H and O–H groups in total. The lowest BCUT2D eigenvalue weighted by Gasteiger charge is -2.30. The van der Waals surface area contributed by atoms with Crippen LogP contribution in [0.2, 0.25) is 0 Å². The van der Waals surface area contributed by atoms with Crippen molar-refractivity contribution in [1.82, 2.24) is 4.90 Å². The molecule has 1 rings (SSSR count). The van der Waals surface area contributed by atoms with Gasteiger partial charge < -0.3 is 14.5 Å². The standard InChI is InChI=1S/C12H20N2O2/c1-3-16-12(15)11-6-4-8-14(10-11)9-5-7-13-2/h11H,3-10H2,1H3/t11-/m0/s1. The van der Waals surface area contributed by atoms with Gasteiger partial charge in [-0.2, -0.15) is 0 Å². The molecular weight excluding hydrogens is 204 g/mol. The summed E-state index contributed by atoms with van der Waals surface area (Å²) < 4.78 is 5.04. The fourth-order valence-electron chi connectivity index (χ4n) is 2.08. The van der Waals surface area contributed by atoms with E-state index in [1.54, 1.807) is 0 Å². The number of hydrogen-bond donors (Lipinski definition) is 0. The minimum Gasteiger partial charge on any atom is -0.466 e. The highest BCUT2D eigenvalue weighted by atomic mass is 16.5. The van der Waals surface area contributed by atoms with E-state index in [0.717, 1.165) is 38.9 Å². The normalized spacial score (nSPS) is 21.4. The summed E-state index contributed by atoms with van der Waals surface area (Å²) in [5.74, 6) is -0.0148. The molecule has 4 heteroatoms. The predicted molar refractivity (Wildman–Crippen MR) is 61.9 cm³/mol. The number of carbonyl (C=O) groups excluding carboxylic acids is 1. The molecule has 1 atom stereocenters. The maximum absolute atomic E-state index is 11.6. The van der Waals surface area contributed by atoms with E-state index in [4.69, 9.17) is 11.3 Å². The Balaban J connectivity index is 2.29. The van der Waals surface area contributed by atoms with Gasteiger partial charge in [-0.15, -0.1) is 0 Å². The van der Waals surface area contributed by atoms with Gasteiger partial charge in [-0.05, 0) is 26.3 Å². The van der Waals surface area contributed by atoms with Crippen LogP contribution in [0.1, 0.15) is 26.2 Å². The third-order valence-electron chi connectivity index (χ3n) is 2.87. The summed E-state index contributed by atoms with van der Waals surface area (Å²) in [6, 6.07) is 0. The lowest BCUT2D eigenvalue weighted by molar-refractivity contribution is -0.149. The minimum absolute atomic E-state index is 0.0432. The highest BCUT2D eigenvalue weighted by Gasteiger charge is 2.26. The van der Waals surface area contributed by atoms with E-state index in [1.807, 2.05) is 6.92 Å². The van der Waals surface area contributed by atoms with Crippen molar-refractivity contribution in [2.24, 2.45) is 5.92 Å². The van der Waals surface area contributed by atoms with Gasteiger partial charge in [0, 0.05) is 19.5 Å². The van der Waals surface area contributed by atoms with Crippen molar-refractivity contribution in [3.8, 4) is 0 Å². The number of piperidine rings is 1. The monoisotopic (exact) mass is 224 g/mol. The molecule has 0 amide bonds. The van der Waals surface area contributed by atoms with Crippen molar-refractivity contribution in [3.63, 3.8) is 0 Å². The van der Waals surface area contributed by atoms with E-state index >= 15 is 0 Å². The van der Waals surface area contributed by atoms with Gasteiger partial charge in [-0.25, -0.2) is 6.57 Å². The zero-order valence-corrected chi connectivity index (χ0v) is 9.95. The molecule has 0 saturated carbocycles. The van der Waals surface area contributed by atoms with Crippen LogP contribution >= 0.6 is 0 Å². The Morgan fingerprint density at radius 1 is 1.62 bits per heavy atom. The third kappa shape index (κ3) is 4.19. The summed E-state index contributed by atoms with van der Waals surface area (Å²) in [4.78, 5) is 17.2. The second kappa shape index (κ2) is 7.24. The van der Waals surface area contributed by atoms with Crippen molar-refractivity contribution in [2.45, 2.75) is 26.2 Å². The van der Waals surface area contributed by atoms with E-state index in [-0.39, 0.29) is 11.9 Å². The summed E-state index contributed by atoms with van der Waals surface area (Å²) in [5, 5.41) is 0. The van der Waals surface area contributed by atoms with E-state index in [2.05, 4.69) is 9.74 Å². The molecule has 0 aliphatic carbocycles. The lowest BCUT2D eigenvalue weighted by Crippen LogP contribution is -2.39. The van der Waals surface area contributed by atoms with Crippen LogP contribution < -0.4 is 0 Å². The van der Waals surface area contributed by atoms with Gasteiger partial charge in [0.25, 0.3) is 0 Å². The molecule has 0 aromatic heterocycles. The van der Waals surface area contributed by atoms with E-state index in [9.17, 15) is 4.79 Å². The molecule has 0 aromatic rings. The maximum atomic E-state index is 11.6. The van der Waals surface area contributed by atoms with Crippen LogP contribution in [0.5, 0.6) is 0 Å². The average Bonchev–Trinajstić information content (AvgIpc) is 2.30. The van der Waals surface area contributed by atoms with Gasteiger partial charge in [-0.3, -0.25) is 4.79 Å². The Morgan fingerprint density at radius 2 is 2.44 bits per heavy atom. The highest BCUT2D eigenvalue weighted by Crippen LogP contribution is 2.17.